The van der Waals surface area contributed by atoms with Crippen LogP contribution in [0.15, 0.2) is 24.3 Å². The second-order valence-electron chi connectivity index (χ2n) is 10.6. The van der Waals surface area contributed by atoms with Crippen LogP contribution in [-0.4, -0.2) is 40.6 Å². The first-order valence-electron chi connectivity index (χ1n) is 12.2. The zero-order chi connectivity index (χ0) is 28.9. The van der Waals surface area contributed by atoms with E-state index in [0.717, 1.165) is 0 Å². The molecular weight excluding hydrogens is 540 g/mol. The number of anilines is 3. The smallest absolute Gasteiger partial charge is 0.370 e. The van der Waals surface area contributed by atoms with Crippen LogP contribution < -0.4 is 21.3 Å². The Morgan fingerprint density at radius 3 is 2.49 bits per heavy atom. The molecule has 2 amide bonds. The summed E-state index contributed by atoms with van der Waals surface area (Å²) in [5.74, 6) is -3.08. The molecule has 0 saturated carbocycles. The van der Waals surface area contributed by atoms with E-state index in [1.165, 1.54) is 23.1 Å². The lowest BCUT2D eigenvalue weighted by Crippen LogP contribution is -2.34. The number of halogens is 5. The molecule has 1 aromatic heterocycles. The number of amides is 2. The lowest BCUT2D eigenvalue weighted by molar-refractivity contribution is -0.168. The van der Waals surface area contributed by atoms with Crippen molar-refractivity contribution in [2.45, 2.75) is 39.9 Å². The molecule has 3 aromatic rings. The van der Waals surface area contributed by atoms with E-state index in [4.69, 9.17) is 17.3 Å². The summed E-state index contributed by atoms with van der Waals surface area (Å²) in [6.45, 7) is 4.98. The maximum absolute atomic E-state index is 15.4. The number of imidazole rings is 1. The van der Waals surface area contributed by atoms with E-state index in [0.29, 0.717) is 11.0 Å². The van der Waals surface area contributed by atoms with E-state index >= 15 is 4.39 Å². The van der Waals surface area contributed by atoms with E-state index in [1.54, 1.807) is 38.5 Å². The van der Waals surface area contributed by atoms with Crippen LogP contribution in [0.4, 0.5) is 34.9 Å². The van der Waals surface area contributed by atoms with Crippen LogP contribution in [0.5, 0.6) is 0 Å². The van der Waals surface area contributed by atoms with Gasteiger partial charge >= 0.3 is 6.18 Å². The summed E-state index contributed by atoms with van der Waals surface area (Å²) in [5.41, 5.74) is 6.16. The van der Waals surface area contributed by atoms with Gasteiger partial charge in [-0.1, -0.05) is 38.4 Å². The molecule has 13 heteroatoms. The Bertz CT molecular complexity index is 1450. The van der Waals surface area contributed by atoms with Crippen molar-refractivity contribution in [1.29, 1.82) is 0 Å². The number of benzene rings is 2. The number of aromatic nitrogens is 2. The number of primary amides is 1. The quantitative estimate of drug-likeness (QED) is 0.352. The van der Waals surface area contributed by atoms with Crippen molar-refractivity contribution in [3.63, 3.8) is 0 Å². The molecule has 0 bridgehead atoms. The molecule has 2 heterocycles. The molecule has 210 valence electrons. The highest BCUT2D eigenvalue weighted by Crippen LogP contribution is 2.38. The molecule has 8 nitrogen and oxygen atoms in total. The average Bonchev–Trinajstić information content (AvgIpc) is 3.45. The SMILES string of the molecule is Cn1c(Nc2c(Cl)ccc(CNC(=O)C(C)(C)C)c2F)nc2cc(C(N)=O)c(N3CCC(C(F)(F)F)C3)cc21. The number of alkyl halides is 3. The van der Waals surface area contributed by atoms with Crippen LogP contribution in [0.25, 0.3) is 11.0 Å². The molecule has 1 saturated heterocycles. The third-order valence-electron chi connectivity index (χ3n) is 6.78. The Morgan fingerprint density at radius 2 is 1.90 bits per heavy atom. The van der Waals surface area contributed by atoms with Gasteiger partial charge in [0.25, 0.3) is 5.91 Å². The minimum atomic E-state index is -4.34. The molecule has 1 aliphatic heterocycles. The Balaban J connectivity index is 1.67. The van der Waals surface area contributed by atoms with Crippen LogP contribution in [0.1, 0.15) is 43.1 Å². The number of nitrogens with one attached hydrogen (secondary N) is 2. The number of fused-ring (bicyclic) bond motifs is 1. The number of carbonyl (C=O) groups excluding carboxylic acids is 2. The first-order valence-corrected chi connectivity index (χ1v) is 12.6. The fourth-order valence-electron chi connectivity index (χ4n) is 4.44. The van der Waals surface area contributed by atoms with Crippen molar-refractivity contribution < 1.29 is 27.2 Å². The fourth-order valence-corrected chi connectivity index (χ4v) is 4.64. The third-order valence-corrected chi connectivity index (χ3v) is 7.10. The van der Waals surface area contributed by atoms with Gasteiger partial charge in [0, 0.05) is 37.7 Å². The van der Waals surface area contributed by atoms with Crippen molar-refractivity contribution >= 4 is 51.8 Å². The Kier molecular flexibility index (Phi) is 7.46. The summed E-state index contributed by atoms with van der Waals surface area (Å²) in [6, 6.07) is 5.93. The minimum absolute atomic E-state index is 0.0378. The van der Waals surface area contributed by atoms with E-state index in [1.807, 2.05) is 0 Å². The second kappa shape index (κ2) is 10.2. The van der Waals surface area contributed by atoms with Crippen LogP contribution in [0.2, 0.25) is 5.02 Å². The number of nitrogens with two attached hydrogens (primary N) is 1. The van der Waals surface area contributed by atoms with Gasteiger partial charge in [-0.15, -0.1) is 0 Å². The summed E-state index contributed by atoms with van der Waals surface area (Å²) < 4.78 is 56.8. The predicted molar refractivity (Wildman–Crippen MR) is 142 cm³/mol. The summed E-state index contributed by atoms with van der Waals surface area (Å²) in [6.07, 6.45) is -4.44. The highest BCUT2D eigenvalue weighted by molar-refractivity contribution is 6.33. The molecule has 0 aliphatic carbocycles. The predicted octanol–water partition coefficient (Wildman–Crippen LogP) is 5.26. The largest absolute Gasteiger partial charge is 0.393 e. The van der Waals surface area contributed by atoms with Crippen molar-refractivity contribution in [3.8, 4) is 0 Å². The molecule has 4 N–H and O–H groups in total. The van der Waals surface area contributed by atoms with Gasteiger partial charge in [0.1, 0.15) is 0 Å². The van der Waals surface area contributed by atoms with Gasteiger partial charge in [-0.05, 0) is 24.6 Å². The Morgan fingerprint density at radius 1 is 1.21 bits per heavy atom. The molecule has 2 aromatic carbocycles. The van der Waals surface area contributed by atoms with Crippen molar-refractivity contribution in [2.75, 3.05) is 23.3 Å². The van der Waals surface area contributed by atoms with Crippen molar-refractivity contribution in [1.82, 2.24) is 14.9 Å². The highest BCUT2D eigenvalue weighted by Gasteiger charge is 2.44. The number of carbonyl (C=O) groups is 2. The summed E-state index contributed by atoms with van der Waals surface area (Å²) in [4.78, 5) is 30.4. The zero-order valence-electron chi connectivity index (χ0n) is 21.8. The maximum atomic E-state index is 15.4. The normalized spacial score (nSPS) is 16.1. The first kappa shape index (κ1) is 28.5. The van der Waals surface area contributed by atoms with Crippen molar-refractivity contribution in [3.05, 3.63) is 46.2 Å². The second-order valence-corrected chi connectivity index (χ2v) is 11.1. The Hall–Kier alpha value is -3.54. The maximum Gasteiger partial charge on any atom is 0.393 e. The third kappa shape index (κ3) is 5.75. The zero-order valence-corrected chi connectivity index (χ0v) is 22.6. The molecular formula is C26H29ClF4N6O2. The molecule has 0 spiro atoms. The molecule has 39 heavy (non-hydrogen) atoms. The topological polar surface area (TPSA) is 105 Å². The van der Waals surface area contributed by atoms with Crippen molar-refractivity contribution in [2.24, 2.45) is 24.1 Å². The van der Waals surface area contributed by atoms with Gasteiger partial charge < -0.3 is 25.8 Å². The Labute approximate surface area is 227 Å². The molecule has 1 atom stereocenters. The van der Waals surface area contributed by atoms with Crippen LogP contribution in [0, 0.1) is 17.2 Å². The van der Waals surface area contributed by atoms with E-state index in [2.05, 4.69) is 15.6 Å². The summed E-state index contributed by atoms with van der Waals surface area (Å²) >= 11 is 6.28. The standard InChI is InChI=1S/C26H29ClF4N6O2/c1-25(2,3)23(39)33-11-13-5-6-16(27)21(20(13)28)35-24-34-17-9-15(22(32)38)18(10-19(17)36(24)4)37-8-7-14(12-37)26(29,30)31/h5-6,9-10,14H,7-8,11-12H2,1-4H3,(H2,32,38)(H,33,39)(H,34,35). The average molecular weight is 569 g/mol. The number of hydrogen-bond donors (Lipinski definition) is 3. The van der Waals surface area contributed by atoms with E-state index in [9.17, 15) is 22.8 Å². The molecule has 0 radical (unpaired) electrons. The first-order chi connectivity index (χ1) is 18.1. The van der Waals surface area contributed by atoms with Crippen LogP contribution in [0.3, 0.4) is 0 Å². The van der Waals surface area contributed by atoms with E-state index in [-0.39, 0.29) is 65.4 Å². The number of aryl methyl sites for hydroxylation is 1. The molecule has 4 rings (SSSR count). The number of hydrogen-bond acceptors (Lipinski definition) is 5. The van der Waals surface area contributed by atoms with Gasteiger partial charge in [0.2, 0.25) is 11.9 Å². The fraction of sp³-hybridized carbons (Fsp3) is 0.423. The van der Waals surface area contributed by atoms with E-state index < -0.39 is 29.2 Å². The monoisotopic (exact) mass is 568 g/mol. The lowest BCUT2D eigenvalue weighted by Gasteiger charge is -2.22. The van der Waals surface area contributed by atoms with Gasteiger partial charge in [-0.3, -0.25) is 9.59 Å². The highest BCUT2D eigenvalue weighted by atomic mass is 35.5. The molecule has 1 aliphatic rings. The molecule has 1 fully saturated rings. The van der Waals surface area contributed by atoms with Gasteiger partial charge in [-0.25, -0.2) is 9.37 Å². The summed E-state index contributed by atoms with van der Waals surface area (Å²) in [5, 5.41) is 5.64. The minimum Gasteiger partial charge on any atom is -0.370 e. The molecule has 1 unspecified atom stereocenters. The summed E-state index contributed by atoms with van der Waals surface area (Å²) in [7, 11) is 1.63. The van der Waals surface area contributed by atoms with Crippen LogP contribution >= 0.6 is 11.6 Å². The lowest BCUT2D eigenvalue weighted by atomic mass is 9.95. The van der Waals surface area contributed by atoms with Crippen LogP contribution in [-0.2, 0) is 18.4 Å². The number of nitrogens with zero attached hydrogens (tertiary/aromatic N) is 3. The number of rotatable bonds is 6. The van der Waals surface area contributed by atoms with Gasteiger partial charge in [0.15, 0.2) is 5.82 Å². The van der Waals surface area contributed by atoms with Gasteiger partial charge in [-0.2, -0.15) is 13.2 Å². The van der Waals surface area contributed by atoms with Gasteiger partial charge in [0.05, 0.1) is 38.9 Å².